The number of benzene rings is 2. The summed E-state index contributed by atoms with van der Waals surface area (Å²) in [5.41, 5.74) is 15.7. The molecule has 0 aliphatic carbocycles. The monoisotopic (exact) mass is 606 g/mol. The molecule has 232 valence electrons. The van der Waals surface area contributed by atoms with Crippen LogP contribution in [0.2, 0.25) is 25.7 Å². The number of nitrogen functional groups attached to an aromatic ring is 2. The van der Waals surface area contributed by atoms with E-state index in [0.717, 1.165) is 46.0 Å². The zero-order valence-electron chi connectivity index (χ0n) is 26.9. The van der Waals surface area contributed by atoms with Crippen LogP contribution in [0, 0.1) is 0 Å². The minimum Gasteiger partial charge on any atom is -0.399 e. The summed E-state index contributed by atoms with van der Waals surface area (Å²) in [7, 11) is 8.34. The lowest BCUT2D eigenvalue weighted by Crippen LogP contribution is -2.51. The van der Waals surface area contributed by atoms with E-state index in [4.69, 9.17) is 16.6 Å². The van der Waals surface area contributed by atoms with Gasteiger partial charge in [0.15, 0.2) is 0 Å². The van der Waals surface area contributed by atoms with Crippen molar-refractivity contribution < 1.29 is 14.1 Å². The molecule has 2 fully saturated rings. The quantitative estimate of drug-likeness (QED) is 0.202. The predicted octanol–water partition coefficient (Wildman–Crippen LogP) is 4.99. The molecule has 4 rings (SSSR count). The number of hydrogen-bond donors (Lipinski definition) is 3. The molecule has 0 radical (unpaired) electrons. The first-order valence-corrected chi connectivity index (χ1v) is 18.9. The van der Waals surface area contributed by atoms with Crippen LogP contribution in [-0.4, -0.2) is 108 Å². The number of halogens is 1. The Bertz CT molecular complexity index is 1040. The summed E-state index contributed by atoms with van der Waals surface area (Å²) >= 11 is 0. The average molecular weight is 607 g/mol. The number of nitrogens with zero attached hydrogens (tertiary/aromatic N) is 4. The third kappa shape index (κ3) is 10.7. The highest BCUT2D eigenvalue weighted by molar-refractivity contribution is 6.76. The molecular formula is C32H59ClN6OSi+2. The largest absolute Gasteiger partial charge is 0.399 e. The molecule has 2 aliphatic heterocycles. The van der Waals surface area contributed by atoms with E-state index in [1.165, 1.54) is 56.3 Å². The Hall–Kier alpha value is -1.97. The maximum absolute atomic E-state index is 9.13. The Labute approximate surface area is 257 Å². The highest BCUT2D eigenvalue weighted by Crippen LogP contribution is 2.27. The second-order valence-corrected chi connectivity index (χ2v) is 20.0. The summed E-state index contributed by atoms with van der Waals surface area (Å²) in [5.74, 6) is 0. The molecule has 9 heteroatoms. The van der Waals surface area contributed by atoms with Crippen molar-refractivity contribution in [1.29, 1.82) is 0 Å². The van der Waals surface area contributed by atoms with Crippen molar-refractivity contribution in [3.63, 3.8) is 0 Å². The molecule has 2 aromatic carbocycles. The summed E-state index contributed by atoms with van der Waals surface area (Å²) in [6.07, 6.45) is 3.85. The Balaban J connectivity index is 0.000000285. The van der Waals surface area contributed by atoms with Gasteiger partial charge < -0.3 is 35.3 Å². The molecule has 41 heavy (non-hydrogen) atoms. The van der Waals surface area contributed by atoms with Crippen LogP contribution in [-0.2, 0) is 0 Å². The van der Waals surface area contributed by atoms with Gasteiger partial charge in [0.25, 0.3) is 0 Å². The van der Waals surface area contributed by atoms with Gasteiger partial charge in [-0.15, -0.1) is 12.4 Å². The minimum absolute atomic E-state index is 0. The van der Waals surface area contributed by atoms with Crippen LogP contribution >= 0.6 is 12.4 Å². The van der Waals surface area contributed by atoms with Crippen molar-refractivity contribution in [2.45, 2.75) is 57.0 Å². The molecule has 0 saturated carbocycles. The van der Waals surface area contributed by atoms with Gasteiger partial charge in [0.05, 0.1) is 54.4 Å². The fourth-order valence-corrected chi connectivity index (χ4v) is 7.32. The van der Waals surface area contributed by atoms with Gasteiger partial charge in [-0.1, -0.05) is 25.7 Å². The zero-order chi connectivity index (χ0) is 29.6. The molecule has 0 amide bonds. The van der Waals surface area contributed by atoms with Crippen molar-refractivity contribution in [2.75, 3.05) is 95.3 Å². The van der Waals surface area contributed by atoms with Crippen LogP contribution in [0.5, 0.6) is 0 Å². The summed E-state index contributed by atoms with van der Waals surface area (Å²) in [6.45, 7) is 14.3. The van der Waals surface area contributed by atoms with Gasteiger partial charge >= 0.3 is 0 Å². The van der Waals surface area contributed by atoms with Crippen molar-refractivity contribution in [1.82, 2.24) is 0 Å². The number of anilines is 4. The highest BCUT2D eigenvalue weighted by Gasteiger charge is 2.36. The summed E-state index contributed by atoms with van der Waals surface area (Å²) in [6, 6.07) is 19.2. The number of hydrogen-bond acceptors (Lipinski definition) is 5. The lowest BCUT2D eigenvalue weighted by molar-refractivity contribution is -0.912. The second kappa shape index (κ2) is 15.0. The Kier molecular flexibility index (Phi) is 12.9. The topological polar surface area (TPSA) is 78.8 Å². The van der Waals surface area contributed by atoms with Crippen LogP contribution in [0.15, 0.2) is 48.5 Å². The Morgan fingerprint density at radius 2 is 1.12 bits per heavy atom. The second-order valence-electron chi connectivity index (χ2n) is 14.4. The predicted molar refractivity (Wildman–Crippen MR) is 184 cm³/mol. The number of likely N-dealkylation sites (N-methyl/N-ethyl adjacent to an activating group) is 2. The van der Waals surface area contributed by atoms with E-state index < -0.39 is 8.07 Å². The zero-order valence-corrected chi connectivity index (χ0v) is 28.7. The Morgan fingerprint density at radius 3 is 1.49 bits per heavy atom. The molecule has 0 aromatic heterocycles. The lowest BCUT2D eigenvalue weighted by Gasteiger charge is -2.37. The van der Waals surface area contributed by atoms with E-state index in [9.17, 15) is 0 Å². The van der Waals surface area contributed by atoms with Gasteiger partial charge in [0.1, 0.15) is 18.6 Å². The molecule has 0 bridgehead atoms. The lowest BCUT2D eigenvalue weighted by atomic mass is 10.2. The van der Waals surface area contributed by atoms with E-state index in [-0.39, 0.29) is 19.0 Å². The summed E-state index contributed by atoms with van der Waals surface area (Å²) in [4.78, 5) is 4.92. The fourth-order valence-electron chi connectivity index (χ4n) is 6.10. The van der Waals surface area contributed by atoms with Crippen LogP contribution in [0.3, 0.4) is 0 Å². The van der Waals surface area contributed by atoms with Crippen LogP contribution < -0.4 is 21.3 Å². The molecule has 2 aliphatic rings. The number of quaternary nitrogens is 2. The first kappa shape index (κ1) is 35.2. The van der Waals surface area contributed by atoms with Gasteiger partial charge in [-0.25, -0.2) is 0 Å². The molecular weight excluding hydrogens is 548 g/mol. The van der Waals surface area contributed by atoms with Gasteiger partial charge in [0.2, 0.25) is 0 Å². The normalized spacial score (nSPS) is 19.5. The van der Waals surface area contributed by atoms with Crippen molar-refractivity contribution in [3.05, 3.63) is 48.5 Å². The Morgan fingerprint density at radius 1 is 0.732 bits per heavy atom. The van der Waals surface area contributed by atoms with Gasteiger partial charge in [0, 0.05) is 56.8 Å². The minimum atomic E-state index is -0.900. The van der Waals surface area contributed by atoms with Crippen LogP contribution in [0.4, 0.5) is 22.7 Å². The average Bonchev–Trinajstić information content (AvgIpc) is 3.56. The maximum atomic E-state index is 9.13. The first-order chi connectivity index (χ1) is 18.7. The molecule has 0 spiro atoms. The smallest absolute Gasteiger partial charge is 0.108 e. The molecule has 2 heterocycles. The molecule has 2 unspecified atom stereocenters. The third-order valence-corrected chi connectivity index (χ3v) is 11.0. The molecule has 5 N–H and O–H groups in total. The number of aliphatic hydroxyl groups is 1. The molecule has 2 saturated heterocycles. The van der Waals surface area contributed by atoms with Gasteiger partial charge in [-0.3, -0.25) is 0 Å². The van der Waals surface area contributed by atoms with Gasteiger partial charge in [-0.05, 0) is 55.0 Å². The van der Waals surface area contributed by atoms with Crippen LogP contribution in [0.25, 0.3) is 0 Å². The maximum Gasteiger partial charge on any atom is 0.108 e. The van der Waals surface area contributed by atoms with E-state index in [1.807, 2.05) is 24.3 Å². The molecule has 7 nitrogen and oxygen atoms in total. The standard InChI is InChI=1S/C18H34N3Si.C14H24N3O.ClH/c1-21(2,13-6-14-22(3,4)5)18-11-12-20(15-18)17-9-7-16(19)8-10-17;1-17(2,9-10-18)14-7-8-16(11-14)13-5-3-12(15)4-6-13;/h7-10,18H,6,11-15,19H2,1-5H3;3-6,14,18H,7-11,15H2,1-2H3;1H/q2*+1;. The summed E-state index contributed by atoms with van der Waals surface area (Å²) in [5, 5.41) is 9.13. The van der Waals surface area contributed by atoms with E-state index in [2.05, 4.69) is 81.9 Å². The summed E-state index contributed by atoms with van der Waals surface area (Å²) < 4.78 is 2.05. The SMILES string of the molecule is C[N+](C)(CCC[Si](C)(C)C)C1CCN(c2ccc(N)cc2)C1.C[N+](C)(CCO)C1CCN(c2ccc(N)cc2)C1.Cl. The van der Waals surface area contributed by atoms with E-state index in [0.29, 0.717) is 6.04 Å². The number of rotatable bonds is 10. The van der Waals surface area contributed by atoms with E-state index in [1.54, 1.807) is 0 Å². The number of aliphatic hydroxyl groups excluding tert-OH is 1. The van der Waals surface area contributed by atoms with Crippen molar-refractivity contribution in [2.24, 2.45) is 0 Å². The van der Waals surface area contributed by atoms with E-state index >= 15 is 0 Å². The molecule has 2 aromatic rings. The third-order valence-electron chi connectivity index (χ3n) is 9.16. The fraction of sp³-hybridized carbons (Fsp3) is 0.625. The number of nitrogens with two attached hydrogens (primary N) is 2. The van der Waals surface area contributed by atoms with Crippen molar-refractivity contribution >= 4 is 43.2 Å². The van der Waals surface area contributed by atoms with Crippen molar-refractivity contribution in [3.8, 4) is 0 Å². The van der Waals surface area contributed by atoms with Crippen LogP contribution in [0.1, 0.15) is 19.3 Å². The molecule has 2 atom stereocenters. The first-order valence-electron chi connectivity index (χ1n) is 15.2. The van der Waals surface area contributed by atoms with Gasteiger partial charge in [-0.2, -0.15) is 0 Å². The highest BCUT2D eigenvalue weighted by atomic mass is 35.5.